The van der Waals surface area contributed by atoms with Gasteiger partial charge in [-0.1, -0.05) is 0 Å². The van der Waals surface area contributed by atoms with Crippen LogP contribution in [-0.4, -0.2) is 66.5 Å². The molecule has 11 heteroatoms. The number of guanidine groups is 1. The Hall–Kier alpha value is -2.72. The zero-order chi connectivity index (χ0) is 21.7. The lowest BCUT2D eigenvalue weighted by atomic mass is 10.1. The van der Waals surface area contributed by atoms with Gasteiger partial charge in [-0.3, -0.25) is 4.99 Å². The number of hydrogen-bond acceptors (Lipinski definition) is 5. The van der Waals surface area contributed by atoms with Crippen LogP contribution in [-0.2, 0) is 11.3 Å². The van der Waals surface area contributed by atoms with Gasteiger partial charge in [-0.25, -0.2) is 9.78 Å². The van der Waals surface area contributed by atoms with E-state index in [0.717, 1.165) is 0 Å². The van der Waals surface area contributed by atoms with Crippen LogP contribution >= 0.6 is 0 Å². The van der Waals surface area contributed by atoms with Gasteiger partial charge in [0.15, 0.2) is 12.6 Å². The first-order valence-corrected chi connectivity index (χ1v) is 9.05. The summed E-state index contributed by atoms with van der Waals surface area (Å²) in [5.74, 6) is 0.407. The summed E-state index contributed by atoms with van der Waals surface area (Å²) >= 11 is 0. The second-order valence-corrected chi connectivity index (χ2v) is 7.56. The number of pyridine rings is 1. The molecule has 0 radical (unpaired) electrons. The molecule has 0 atom stereocenters. The molecule has 0 saturated carbocycles. The van der Waals surface area contributed by atoms with Crippen LogP contribution in [0.1, 0.15) is 26.3 Å². The third kappa shape index (κ3) is 8.04. The van der Waals surface area contributed by atoms with Crippen LogP contribution in [0.2, 0.25) is 0 Å². The molecule has 2 heterocycles. The number of halogens is 3. The zero-order valence-electron chi connectivity index (χ0n) is 16.8. The first kappa shape index (κ1) is 22.6. The summed E-state index contributed by atoms with van der Waals surface area (Å²) in [6.45, 7) is 5.32. The third-order valence-corrected chi connectivity index (χ3v) is 3.74. The maximum atomic E-state index is 12.2. The minimum absolute atomic E-state index is 0.0249. The largest absolute Gasteiger partial charge is 0.468 e. The Bertz CT molecular complexity index is 728. The fraction of sp³-hybridized carbons (Fsp3) is 0.611. The molecule has 1 saturated heterocycles. The van der Waals surface area contributed by atoms with Crippen molar-refractivity contribution in [2.24, 2.45) is 4.99 Å². The Morgan fingerprint density at radius 1 is 1.34 bits per heavy atom. The van der Waals surface area contributed by atoms with Crippen LogP contribution in [0.4, 0.5) is 18.0 Å². The number of carbonyl (C=O) groups is 1. The summed E-state index contributed by atoms with van der Waals surface area (Å²) in [6.07, 6.45) is -3.40. The normalized spacial score (nSPS) is 15.6. The molecule has 162 valence electrons. The summed E-state index contributed by atoms with van der Waals surface area (Å²) < 4.78 is 46.7. The van der Waals surface area contributed by atoms with E-state index in [1.165, 1.54) is 12.3 Å². The highest BCUT2D eigenvalue weighted by molar-refractivity contribution is 5.80. The second-order valence-electron chi connectivity index (χ2n) is 7.56. The quantitative estimate of drug-likeness (QED) is 0.565. The van der Waals surface area contributed by atoms with Gasteiger partial charge >= 0.3 is 12.3 Å². The van der Waals surface area contributed by atoms with E-state index < -0.39 is 18.4 Å². The molecule has 0 aromatic carbocycles. The molecule has 1 aromatic rings. The lowest BCUT2D eigenvalue weighted by Crippen LogP contribution is -2.63. The second kappa shape index (κ2) is 9.19. The van der Waals surface area contributed by atoms with Crippen molar-refractivity contribution in [1.29, 1.82) is 0 Å². The van der Waals surface area contributed by atoms with Gasteiger partial charge in [-0.15, -0.1) is 0 Å². The lowest BCUT2D eigenvalue weighted by Gasteiger charge is -2.40. The summed E-state index contributed by atoms with van der Waals surface area (Å²) in [7, 11) is 1.60. The molecule has 8 nitrogen and oxygen atoms in total. The average Bonchev–Trinajstić information content (AvgIpc) is 2.56. The van der Waals surface area contributed by atoms with Crippen LogP contribution in [0.15, 0.2) is 23.3 Å². The van der Waals surface area contributed by atoms with Gasteiger partial charge in [0, 0.05) is 38.9 Å². The maximum Gasteiger partial charge on any atom is 0.422 e. The van der Waals surface area contributed by atoms with Crippen molar-refractivity contribution in [1.82, 2.24) is 20.5 Å². The van der Waals surface area contributed by atoms with Crippen molar-refractivity contribution in [3.63, 3.8) is 0 Å². The maximum absolute atomic E-state index is 12.2. The van der Waals surface area contributed by atoms with E-state index in [-0.39, 0.29) is 18.0 Å². The highest BCUT2D eigenvalue weighted by Gasteiger charge is 2.34. The topological polar surface area (TPSA) is 88.1 Å². The van der Waals surface area contributed by atoms with Crippen molar-refractivity contribution in [2.45, 2.75) is 45.1 Å². The number of amides is 1. The monoisotopic (exact) mass is 417 g/mol. The van der Waals surface area contributed by atoms with Crippen LogP contribution in [0.3, 0.4) is 0 Å². The number of hydrogen-bond donors (Lipinski definition) is 2. The number of nitrogens with one attached hydrogen (secondary N) is 2. The highest BCUT2D eigenvalue weighted by atomic mass is 19.4. The van der Waals surface area contributed by atoms with E-state index in [4.69, 9.17) is 4.74 Å². The summed E-state index contributed by atoms with van der Waals surface area (Å²) in [5, 5.41) is 6.24. The molecule has 1 aliphatic heterocycles. The molecule has 2 rings (SSSR count). The van der Waals surface area contributed by atoms with Gasteiger partial charge in [-0.05, 0) is 32.4 Å². The van der Waals surface area contributed by atoms with Crippen LogP contribution in [0.5, 0.6) is 5.88 Å². The minimum Gasteiger partial charge on any atom is -0.468 e. The van der Waals surface area contributed by atoms with Crippen LogP contribution < -0.4 is 15.4 Å². The van der Waals surface area contributed by atoms with Crippen LogP contribution in [0.25, 0.3) is 0 Å². The fourth-order valence-corrected chi connectivity index (χ4v) is 2.41. The molecule has 1 amide bonds. The molecular formula is C18H26F3N5O3. The van der Waals surface area contributed by atoms with E-state index in [2.05, 4.69) is 25.3 Å². The SMILES string of the molecule is CN=C(NCc1ccnc(OCC(F)(F)F)c1)NC1CN(C(=O)OC(C)(C)C)C1. The number of nitrogens with zero attached hydrogens (tertiary/aromatic N) is 3. The number of likely N-dealkylation sites (tertiary alicyclic amines) is 1. The number of aliphatic imine (C=N–C) groups is 1. The number of ether oxygens (including phenoxy) is 2. The van der Waals surface area contributed by atoms with Crippen molar-refractivity contribution in [2.75, 3.05) is 26.7 Å². The predicted octanol–water partition coefficient (Wildman–Crippen LogP) is 2.31. The molecule has 0 spiro atoms. The van der Waals surface area contributed by atoms with Crippen LogP contribution in [0, 0.1) is 0 Å². The number of carbonyl (C=O) groups excluding carboxylic acids is 1. The molecule has 0 unspecified atom stereocenters. The van der Waals surface area contributed by atoms with Gasteiger partial charge < -0.3 is 25.0 Å². The van der Waals surface area contributed by atoms with Gasteiger partial charge in [0.25, 0.3) is 0 Å². The van der Waals surface area contributed by atoms with E-state index >= 15 is 0 Å². The standard InChI is InChI=1S/C18H26F3N5O3/c1-17(2,3)29-16(27)26-9-13(10-26)25-15(22-4)24-8-12-5-6-23-14(7-12)28-11-18(19,20)21/h5-7,13H,8-11H2,1-4H3,(H2,22,24,25). The fourth-order valence-electron chi connectivity index (χ4n) is 2.41. The van der Waals surface area contributed by atoms with E-state index in [1.54, 1.807) is 18.0 Å². The highest BCUT2D eigenvalue weighted by Crippen LogP contribution is 2.18. The molecule has 0 bridgehead atoms. The van der Waals surface area contributed by atoms with Crippen molar-refractivity contribution >= 4 is 12.1 Å². The third-order valence-electron chi connectivity index (χ3n) is 3.74. The number of alkyl halides is 3. The molecule has 0 aliphatic carbocycles. The molecule has 2 N–H and O–H groups in total. The van der Waals surface area contributed by atoms with Crippen molar-refractivity contribution < 1.29 is 27.4 Å². The summed E-state index contributed by atoms with van der Waals surface area (Å²) in [4.78, 5) is 21.4. The zero-order valence-corrected chi connectivity index (χ0v) is 16.8. The van der Waals surface area contributed by atoms with Crippen molar-refractivity contribution in [3.05, 3.63) is 23.9 Å². The Balaban J connectivity index is 1.77. The van der Waals surface area contributed by atoms with Crippen molar-refractivity contribution in [3.8, 4) is 5.88 Å². The van der Waals surface area contributed by atoms with E-state index in [9.17, 15) is 18.0 Å². The van der Waals surface area contributed by atoms with E-state index in [1.807, 2.05) is 20.8 Å². The molecule has 29 heavy (non-hydrogen) atoms. The Kier molecular flexibility index (Phi) is 7.15. The Morgan fingerprint density at radius 3 is 2.62 bits per heavy atom. The van der Waals surface area contributed by atoms with Gasteiger partial charge in [0.1, 0.15) is 5.60 Å². The molecule has 1 fully saturated rings. The van der Waals surface area contributed by atoms with Gasteiger partial charge in [0.2, 0.25) is 5.88 Å². The first-order valence-electron chi connectivity index (χ1n) is 9.05. The Morgan fingerprint density at radius 2 is 2.03 bits per heavy atom. The van der Waals surface area contributed by atoms with Gasteiger partial charge in [0.05, 0.1) is 6.04 Å². The number of rotatable bonds is 5. The van der Waals surface area contributed by atoms with Gasteiger partial charge in [-0.2, -0.15) is 13.2 Å². The molecule has 1 aliphatic rings. The smallest absolute Gasteiger partial charge is 0.422 e. The first-order chi connectivity index (χ1) is 13.4. The summed E-state index contributed by atoms with van der Waals surface area (Å²) in [5.41, 5.74) is 0.143. The summed E-state index contributed by atoms with van der Waals surface area (Å²) in [6, 6.07) is 3.12. The number of aromatic nitrogens is 1. The lowest BCUT2D eigenvalue weighted by molar-refractivity contribution is -0.154. The average molecular weight is 417 g/mol. The Labute approximate surface area is 167 Å². The van der Waals surface area contributed by atoms with E-state index in [0.29, 0.717) is 31.2 Å². The predicted molar refractivity (Wildman–Crippen MR) is 101 cm³/mol. The molecular weight excluding hydrogens is 391 g/mol. The molecule has 1 aromatic heterocycles. The minimum atomic E-state index is -4.42.